The van der Waals surface area contributed by atoms with Gasteiger partial charge in [0.2, 0.25) is 0 Å². The Bertz CT molecular complexity index is 923. The molecule has 1 aliphatic rings. The third-order valence-electron chi connectivity index (χ3n) is 4.81. The van der Waals surface area contributed by atoms with Crippen molar-refractivity contribution in [3.8, 4) is 0 Å². The average Bonchev–Trinajstić information content (AvgIpc) is 3.14. The normalized spacial score (nSPS) is 17.8. The number of aromatic nitrogens is 3. The molecular weight excluding hydrogens is 360 g/mol. The molecule has 2 unspecified atom stereocenters. The molecule has 2 aromatic rings. The summed E-state index contributed by atoms with van der Waals surface area (Å²) in [6.45, 7) is 7.44. The molecule has 9 heteroatoms. The van der Waals surface area contributed by atoms with E-state index in [1.165, 1.54) is 6.33 Å². The molecule has 0 aliphatic carbocycles. The molecule has 0 saturated heterocycles. The predicted molar refractivity (Wildman–Crippen MR) is 104 cm³/mol. The van der Waals surface area contributed by atoms with E-state index in [4.69, 9.17) is 0 Å². The summed E-state index contributed by atoms with van der Waals surface area (Å²) in [4.78, 5) is 25.2. The number of hydrogen-bond donors (Lipinski definition) is 4. The molecule has 2 atom stereocenters. The smallest absolute Gasteiger partial charge is 0.273 e. The Hall–Kier alpha value is -2.88. The number of carbonyl (C=O) groups excluding carboxylic acids is 1. The van der Waals surface area contributed by atoms with Gasteiger partial charge in [-0.05, 0) is 51.0 Å². The number of hydrazone groups is 1. The Balaban J connectivity index is 1.96. The van der Waals surface area contributed by atoms with E-state index in [1.807, 2.05) is 13.8 Å². The maximum atomic E-state index is 12.3. The second kappa shape index (κ2) is 8.01. The van der Waals surface area contributed by atoms with E-state index in [9.17, 15) is 15.0 Å². The van der Waals surface area contributed by atoms with Gasteiger partial charge in [0.25, 0.3) is 5.91 Å². The van der Waals surface area contributed by atoms with Crippen molar-refractivity contribution < 1.29 is 15.0 Å². The van der Waals surface area contributed by atoms with Gasteiger partial charge in [-0.15, -0.1) is 0 Å². The standard InChI is InChI=1S/C19H24N6O3/c1-10-15(8-25(12(3)26)13(4)27)11(2)22-17(10)7-14-18(23-24-19(14)28)16-5-6-20-9-21-16/h5-7,9,12-13,22,26-27H,8H2,1-4H3,(H,24,28). The van der Waals surface area contributed by atoms with Crippen molar-refractivity contribution in [2.75, 3.05) is 0 Å². The van der Waals surface area contributed by atoms with Crippen molar-refractivity contribution in [2.45, 2.75) is 46.7 Å². The van der Waals surface area contributed by atoms with Crippen molar-refractivity contribution in [3.05, 3.63) is 52.4 Å². The van der Waals surface area contributed by atoms with Gasteiger partial charge in [0.05, 0.1) is 11.3 Å². The molecule has 1 aliphatic heterocycles. The number of aromatic amines is 1. The second-order valence-electron chi connectivity index (χ2n) is 6.76. The van der Waals surface area contributed by atoms with Crippen LogP contribution in [0.1, 0.15) is 42.1 Å². The summed E-state index contributed by atoms with van der Waals surface area (Å²) in [5.41, 5.74) is 7.42. The van der Waals surface area contributed by atoms with Gasteiger partial charge in [-0.3, -0.25) is 4.79 Å². The van der Waals surface area contributed by atoms with Gasteiger partial charge >= 0.3 is 0 Å². The van der Waals surface area contributed by atoms with Crippen LogP contribution in [-0.2, 0) is 11.3 Å². The summed E-state index contributed by atoms with van der Waals surface area (Å²) in [6, 6.07) is 1.69. The van der Waals surface area contributed by atoms with Crippen molar-refractivity contribution in [2.24, 2.45) is 5.10 Å². The highest BCUT2D eigenvalue weighted by Crippen LogP contribution is 2.25. The first-order chi connectivity index (χ1) is 13.3. The number of nitrogens with one attached hydrogen (secondary N) is 2. The maximum absolute atomic E-state index is 12.3. The third kappa shape index (κ3) is 3.86. The van der Waals surface area contributed by atoms with Gasteiger partial charge in [0.1, 0.15) is 24.5 Å². The molecule has 28 heavy (non-hydrogen) atoms. The highest BCUT2D eigenvalue weighted by Gasteiger charge is 2.26. The molecule has 2 aromatic heterocycles. The lowest BCUT2D eigenvalue weighted by Gasteiger charge is -2.28. The number of amides is 1. The van der Waals surface area contributed by atoms with Crippen LogP contribution in [-0.4, -0.2) is 54.1 Å². The number of nitrogens with zero attached hydrogens (tertiary/aromatic N) is 4. The van der Waals surface area contributed by atoms with Crippen molar-refractivity contribution in [3.63, 3.8) is 0 Å². The molecule has 0 radical (unpaired) electrons. The minimum absolute atomic E-state index is 0.309. The summed E-state index contributed by atoms with van der Waals surface area (Å²) in [6.07, 6.45) is 3.14. The van der Waals surface area contributed by atoms with Crippen LogP contribution in [0.5, 0.6) is 0 Å². The summed E-state index contributed by atoms with van der Waals surface area (Å²) in [7, 11) is 0. The zero-order valence-electron chi connectivity index (χ0n) is 16.3. The first kappa shape index (κ1) is 19.9. The minimum atomic E-state index is -0.799. The van der Waals surface area contributed by atoms with Crippen molar-refractivity contribution in [1.82, 2.24) is 25.3 Å². The van der Waals surface area contributed by atoms with E-state index in [0.29, 0.717) is 23.5 Å². The van der Waals surface area contributed by atoms with Gasteiger partial charge in [0.15, 0.2) is 0 Å². The molecule has 0 spiro atoms. The van der Waals surface area contributed by atoms with Gasteiger partial charge in [-0.2, -0.15) is 5.10 Å². The SMILES string of the molecule is Cc1[nH]c(C=C2C(=O)NN=C2c2ccncn2)c(C)c1CN(C(C)O)C(C)O. The Morgan fingerprint density at radius 3 is 2.57 bits per heavy atom. The van der Waals surface area contributed by atoms with Crippen LogP contribution in [0.15, 0.2) is 29.3 Å². The Kier molecular flexibility index (Phi) is 5.68. The van der Waals surface area contributed by atoms with E-state index in [1.54, 1.807) is 37.1 Å². The molecule has 0 aromatic carbocycles. The molecule has 1 amide bonds. The molecular formula is C19H24N6O3. The van der Waals surface area contributed by atoms with Gasteiger partial charge < -0.3 is 15.2 Å². The third-order valence-corrected chi connectivity index (χ3v) is 4.81. The average molecular weight is 384 g/mol. The summed E-state index contributed by atoms with van der Waals surface area (Å²) < 4.78 is 0. The molecule has 4 N–H and O–H groups in total. The number of carbonyl (C=O) groups is 1. The Morgan fingerprint density at radius 1 is 1.25 bits per heavy atom. The monoisotopic (exact) mass is 384 g/mol. The highest BCUT2D eigenvalue weighted by molar-refractivity contribution is 6.32. The van der Waals surface area contributed by atoms with E-state index in [2.05, 4.69) is 25.5 Å². The highest BCUT2D eigenvalue weighted by atomic mass is 16.3. The van der Waals surface area contributed by atoms with Gasteiger partial charge in [-0.25, -0.2) is 20.3 Å². The predicted octanol–water partition coefficient (Wildman–Crippen LogP) is 0.818. The summed E-state index contributed by atoms with van der Waals surface area (Å²) in [5, 5.41) is 23.9. The lowest BCUT2D eigenvalue weighted by atomic mass is 10.0. The van der Waals surface area contributed by atoms with E-state index < -0.39 is 12.5 Å². The molecule has 148 valence electrons. The first-order valence-corrected chi connectivity index (χ1v) is 8.96. The zero-order valence-corrected chi connectivity index (χ0v) is 16.3. The molecule has 0 bridgehead atoms. The molecule has 3 rings (SSSR count). The number of aliphatic hydroxyl groups excluding tert-OH is 2. The van der Waals surface area contributed by atoms with Crippen LogP contribution >= 0.6 is 0 Å². The second-order valence-corrected chi connectivity index (χ2v) is 6.76. The fourth-order valence-electron chi connectivity index (χ4n) is 3.19. The van der Waals surface area contributed by atoms with E-state index >= 15 is 0 Å². The Labute approximate surface area is 162 Å². The number of rotatable bonds is 6. The van der Waals surface area contributed by atoms with Gasteiger partial charge in [0, 0.05) is 24.1 Å². The number of aliphatic hydroxyl groups is 2. The Morgan fingerprint density at radius 2 is 1.96 bits per heavy atom. The number of aryl methyl sites for hydroxylation is 1. The van der Waals surface area contributed by atoms with Crippen LogP contribution < -0.4 is 5.43 Å². The fraction of sp³-hybridized carbons (Fsp3) is 0.368. The van der Waals surface area contributed by atoms with Gasteiger partial charge in [-0.1, -0.05) is 0 Å². The first-order valence-electron chi connectivity index (χ1n) is 8.96. The van der Waals surface area contributed by atoms with E-state index in [0.717, 1.165) is 22.5 Å². The molecule has 3 heterocycles. The van der Waals surface area contributed by atoms with Crippen LogP contribution in [0, 0.1) is 13.8 Å². The zero-order chi connectivity index (χ0) is 20.4. The van der Waals surface area contributed by atoms with E-state index in [-0.39, 0.29) is 5.91 Å². The summed E-state index contributed by atoms with van der Waals surface area (Å²) >= 11 is 0. The summed E-state index contributed by atoms with van der Waals surface area (Å²) in [5.74, 6) is -0.309. The minimum Gasteiger partial charge on any atom is -0.379 e. The largest absolute Gasteiger partial charge is 0.379 e. The van der Waals surface area contributed by atoms with Crippen molar-refractivity contribution >= 4 is 17.7 Å². The number of H-pyrrole nitrogens is 1. The van der Waals surface area contributed by atoms with Crippen LogP contribution in [0.25, 0.3) is 6.08 Å². The maximum Gasteiger partial charge on any atom is 0.273 e. The molecule has 0 fully saturated rings. The lowest BCUT2D eigenvalue weighted by Crippen LogP contribution is -2.39. The fourth-order valence-corrected chi connectivity index (χ4v) is 3.19. The van der Waals surface area contributed by atoms with Crippen LogP contribution in [0.4, 0.5) is 0 Å². The van der Waals surface area contributed by atoms with Crippen LogP contribution in [0.2, 0.25) is 0 Å². The molecule has 9 nitrogen and oxygen atoms in total. The van der Waals surface area contributed by atoms with Crippen LogP contribution in [0.3, 0.4) is 0 Å². The van der Waals surface area contributed by atoms with Crippen molar-refractivity contribution in [1.29, 1.82) is 0 Å². The number of hydrogen-bond acceptors (Lipinski definition) is 7. The lowest BCUT2D eigenvalue weighted by molar-refractivity contribution is -0.116. The quantitative estimate of drug-likeness (QED) is 0.431. The molecule has 0 saturated carbocycles. The topological polar surface area (TPSA) is 127 Å².